The maximum atomic E-state index is 12.3. The first-order valence-electron chi connectivity index (χ1n) is 8.20. The molecule has 28 heavy (non-hydrogen) atoms. The van der Waals surface area contributed by atoms with Crippen LogP contribution in [0.5, 0.6) is 0 Å². The van der Waals surface area contributed by atoms with E-state index in [4.69, 9.17) is 23.2 Å². The Morgan fingerprint density at radius 2 is 1.89 bits per heavy atom. The SMILES string of the molecule is CC(C)S(=O)(=O)c1ccc(CC(=O)Nc2nc(-c3cc(Cl)sc3Cl)cs2)cc1. The van der Waals surface area contributed by atoms with Crippen molar-refractivity contribution in [2.45, 2.75) is 30.4 Å². The number of carbonyl (C=O) groups excluding carboxylic acids is 1. The molecule has 0 aliphatic carbocycles. The van der Waals surface area contributed by atoms with Crippen LogP contribution in [0.15, 0.2) is 40.6 Å². The van der Waals surface area contributed by atoms with Gasteiger partial charge in [0.05, 0.1) is 26.6 Å². The lowest BCUT2D eigenvalue weighted by molar-refractivity contribution is -0.115. The molecule has 0 aliphatic heterocycles. The summed E-state index contributed by atoms with van der Waals surface area (Å²) in [6.07, 6.45) is 0.113. The molecule has 0 atom stereocenters. The first kappa shape index (κ1) is 21.3. The fourth-order valence-corrected chi connectivity index (χ4v) is 5.66. The number of benzene rings is 1. The Bertz CT molecular complexity index is 1100. The lowest BCUT2D eigenvalue weighted by atomic mass is 10.1. The van der Waals surface area contributed by atoms with E-state index >= 15 is 0 Å². The third-order valence-electron chi connectivity index (χ3n) is 3.92. The number of sulfone groups is 1. The predicted molar refractivity (Wildman–Crippen MR) is 117 cm³/mol. The van der Waals surface area contributed by atoms with Crippen molar-refractivity contribution in [3.63, 3.8) is 0 Å². The van der Waals surface area contributed by atoms with E-state index in [0.29, 0.717) is 25.1 Å². The van der Waals surface area contributed by atoms with Crippen LogP contribution in [0, 0.1) is 0 Å². The predicted octanol–water partition coefficient (Wildman–Crippen LogP) is 5.54. The van der Waals surface area contributed by atoms with Gasteiger partial charge in [0.2, 0.25) is 5.91 Å². The van der Waals surface area contributed by atoms with Crippen LogP contribution in [0.4, 0.5) is 5.13 Å². The van der Waals surface area contributed by atoms with Gasteiger partial charge in [-0.15, -0.1) is 22.7 Å². The maximum Gasteiger partial charge on any atom is 0.230 e. The van der Waals surface area contributed by atoms with Crippen LogP contribution in [-0.4, -0.2) is 24.6 Å². The summed E-state index contributed by atoms with van der Waals surface area (Å²) < 4.78 is 25.4. The number of carbonyl (C=O) groups is 1. The van der Waals surface area contributed by atoms with Gasteiger partial charge in [0.25, 0.3) is 0 Å². The van der Waals surface area contributed by atoms with Gasteiger partial charge in [-0.05, 0) is 37.6 Å². The van der Waals surface area contributed by atoms with E-state index in [-0.39, 0.29) is 17.2 Å². The van der Waals surface area contributed by atoms with Gasteiger partial charge in [-0.2, -0.15) is 0 Å². The first-order chi connectivity index (χ1) is 13.2. The molecule has 0 radical (unpaired) electrons. The zero-order valence-electron chi connectivity index (χ0n) is 14.9. The second-order valence-corrected chi connectivity index (χ2v) is 11.9. The van der Waals surface area contributed by atoms with Crippen molar-refractivity contribution in [3.05, 3.63) is 49.9 Å². The average molecular weight is 475 g/mol. The lowest BCUT2D eigenvalue weighted by Gasteiger charge is -2.08. The van der Waals surface area contributed by atoms with Crippen molar-refractivity contribution in [1.29, 1.82) is 0 Å². The third-order valence-corrected chi connectivity index (χ3v) is 8.34. The topological polar surface area (TPSA) is 76.1 Å². The molecule has 2 aromatic heterocycles. The van der Waals surface area contributed by atoms with E-state index in [9.17, 15) is 13.2 Å². The first-order valence-corrected chi connectivity index (χ1v) is 12.2. The Morgan fingerprint density at radius 3 is 2.46 bits per heavy atom. The number of anilines is 1. The zero-order chi connectivity index (χ0) is 20.5. The quantitative estimate of drug-likeness (QED) is 0.508. The molecule has 148 valence electrons. The molecule has 1 aromatic carbocycles. The Balaban J connectivity index is 1.66. The highest BCUT2D eigenvalue weighted by atomic mass is 35.5. The number of hydrogen-bond donors (Lipinski definition) is 1. The number of halogens is 2. The highest BCUT2D eigenvalue weighted by Crippen LogP contribution is 2.39. The van der Waals surface area contributed by atoms with Crippen molar-refractivity contribution in [1.82, 2.24) is 4.98 Å². The summed E-state index contributed by atoms with van der Waals surface area (Å²) in [4.78, 5) is 16.9. The van der Waals surface area contributed by atoms with Crippen molar-refractivity contribution in [3.8, 4) is 11.3 Å². The van der Waals surface area contributed by atoms with E-state index < -0.39 is 15.1 Å². The Morgan fingerprint density at radius 1 is 1.21 bits per heavy atom. The molecule has 1 N–H and O–H groups in total. The molecular formula is C18H16Cl2N2O3S3. The van der Waals surface area contributed by atoms with Gasteiger partial charge < -0.3 is 5.32 Å². The smallest absolute Gasteiger partial charge is 0.230 e. The van der Waals surface area contributed by atoms with Crippen LogP contribution in [0.25, 0.3) is 11.3 Å². The van der Waals surface area contributed by atoms with Gasteiger partial charge in [-0.3, -0.25) is 4.79 Å². The minimum atomic E-state index is -3.32. The number of aromatic nitrogens is 1. The van der Waals surface area contributed by atoms with Crippen molar-refractivity contribution in [2.75, 3.05) is 5.32 Å². The highest BCUT2D eigenvalue weighted by molar-refractivity contribution is 7.92. The summed E-state index contributed by atoms with van der Waals surface area (Å²) in [5, 5.41) is 4.51. The molecule has 3 aromatic rings. The molecule has 3 rings (SSSR count). The van der Waals surface area contributed by atoms with E-state index in [1.54, 1.807) is 37.4 Å². The zero-order valence-corrected chi connectivity index (χ0v) is 18.9. The standard InChI is InChI=1S/C18H16Cl2N2O3S3/c1-10(2)28(24,25)12-5-3-11(4-6-12)7-16(23)22-18-21-14(9-26-18)13-8-15(19)27-17(13)20/h3-6,8-10H,7H2,1-2H3,(H,21,22,23). The van der Waals surface area contributed by atoms with Gasteiger partial charge in [0.15, 0.2) is 15.0 Å². The van der Waals surface area contributed by atoms with E-state index in [0.717, 1.165) is 5.56 Å². The van der Waals surface area contributed by atoms with Gasteiger partial charge in [-0.1, -0.05) is 35.3 Å². The number of amides is 1. The summed E-state index contributed by atoms with van der Waals surface area (Å²) in [7, 11) is -3.32. The molecule has 0 saturated heterocycles. The largest absolute Gasteiger partial charge is 0.302 e. The Labute approximate surface area is 181 Å². The number of rotatable bonds is 6. The molecule has 0 bridgehead atoms. The van der Waals surface area contributed by atoms with Crippen LogP contribution in [0.3, 0.4) is 0 Å². The fourth-order valence-electron chi connectivity index (χ4n) is 2.39. The second-order valence-electron chi connectivity index (χ2n) is 6.24. The van der Waals surface area contributed by atoms with Crippen LogP contribution in [-0.2, 0) is 21.1 Å². The molecule has 0 unspecified atom stereocenters. The summed E-state index contributed by atoms with van der Waals surface area (Å²) in [5.74, 6) is -0.241. The number of nitrogens with one attached hydrogen (secondary N) is 1. The van der Waals surface area contributed by atoms with Crippen LogP contribution in [0.2, 0.25) is 8.67 Å². The molecule has 10 heteroatoms. The van der Waals surface area contributed by atoms with Gasteiger partial charge in [-0.25, -0.2) is 13.4 Å². The molecular weight excluding hydrogens is 459 g/mol. The lowest BCUT2D eigenvalue weighted by Crippen LogP contribution is -2.15. The summed E-state index contributed by atoms with van der Waals surface area (Å²) in [6.45, 7) is 3.27. The van der Waals surface area contributed by atoms with Crippen molar-refractivity contribution < 1.29 is 13.2 Å². The minimum absolute atomic E-state index is 0.113. The van der Waals surface area contributed by atoms with E-state index in [1.165, 1.54) is 34.8 Å². The molecule has 0 spiro atoms. The van der Waals surface area contributed by atoms with Crippen LogP contribution in [0.1, 0.15) is 19.4 Å². The molecule has 0 saturated carbocycles. The summed E-state index contributed by atoms with van der Waals surface area (Å²) in [5.41, 5.74) is 2.09. The molecule has 1 amide bonds. The van der Waals surface area contributed by atoms with Gasteiger partial charge in [0.1, 0.15) is 4.34 Å². The highest BCUT2D eigenvalue weighted by Gasteiger charge is 2.19. The molecule has 5 nitrogen and oxygen atoms in total. The number of nitrogens with zero attached hydrogens (tertiary/aromatic N) is 1. The summed E-state index contributed by atoms with van der Waals surface area (Å²) in [6, 6.07) is 8.09. The normalized spacial score (nSPS) is 11.8. The Hall–Kier alpha value is -1.45. The minimum Gasteiger partial charge on any atom is -0.302 e. The third kappa shape index (κ3) is 4.75. The second kappa shape index (κ2) is 8.51. The Kier molecular flexibility index (Phi) is 6.46. The number of hydrogen-bond acceptors (Lipinski definition) is 6. The van der Waals surface area contributed by atoms with Crippen molar-refractivity contribution in [2.24, 2.45) is 0 Å². The maximum absolute atomic E-state index is 12.3. The van der Waals surface area contributed by atoms with Gasteiger partial charge in [0, 0.05) is 10.9 Å². The number of thiophene rings is 1. The monoisotopic (exact) mass is 474 g/mol. The average Bonchev–Trinajstić information content (AvgIpc) is 3.20. The van der Waals surface area contributed by atoms with Crippen LogP contribution >= 0.6 is 45.9 Å². The van der Waals surface area contributed by atoms with Crippen molar-refractivity contribution >= 4 is 66.8 Å². The number of thiazole rings is 1. The van der Waals surface area contributed by atoms with E-state index in [1.807, 2.05) is 0 Å². The molecule has 0 aliphatic rings. The summed E-state index contributed by atoms with van der Waals surface area (Å²) >= 11 is 14.6. The van der Waals surface area contributed by atoms with Crippen LogP contribution < -0.4 is 5.32 Å². The molecule has 2 heterocycles. The van der Waals surface area contributed by atoms with Gasteiger partial charge >= 0.3 is 0 Å². The van der Waals surface area contributed by atoms with E-state index in [2.05, 4.69) is 10.3 Å². The molecule has 0 fully saturated rings. The fraction of sp³-hybridized carbons (Fsp3) is 0.222.